The quantitative estimate of drug-likeness (QED) is 0.290. The summed E-state index contributed by atoms with van der Waals surface area (Å²) in [6.45, 7) is 4.28. The van der Waals surface area contributed by atoms with Crippen molar-refractivity contribution < 1.29 is 35.7 Å². The number of carbonyl (C=O) groups excluding carboxylic acids is 1. The van der Waals surface area contributed by atoms with Crippen LogP contribution in [-0.4, -0.2) is 126 Å². The third-order valence-corrected chi connectivity index (χ3v) is 11.9. The highest BCUT2D eigenvalue weighted by atomic mass is 32.2. The summed E-state index contributed by atoms with van der Waals surface area (Å²) in [6.07, 6.45) is 1.54. The van der Waals surface area contributed by atoms with Crippen LogP contribution in [0.15, 0.2) is 17.0 Å². The molecule has 2 aliphatic rings. The fraction of sp³-hybridized carbons (Fsp3) is 0.720. The summed E-state index contributed by atoms with van der Waals surface area (Å²) in [6, 6.07) is 2.64. The zero-order chi connectivity index (χ0) is 29.4. The van der Waals surface area contributed by atoms with E-state index in [0.717, 1.165) is 4.31 Å². The molecule has 2 saturated heterocycles. The second kappa shape index (κ2) is 11.6. The molecule has 0 radical (unpaired) electrons. The summed E-state index contributed by atoms with van der Waals surface area (Å²) >= 11 is 0. The van der Waals surface area contributed by atoms with Crippen molar-refractivity contribution in [1.82, 2.24) is 9.21 Å². The van der Waals surface area contributed by atoms with Gasteiger partial charge in [0, 0.05) is 39.9 Å². The Morgan fingerprint density at radius 2 is 1.59 bits per heavy atom. The van der Waals surface area contributed by atoms with Crippen molar-refractivity contribution in [1.29, 1.82) is 0 Å². The minimum atomic E-state index is -3.98. The maximum absolute atomic E-state index is 13.5. The van der Waals surface area contributed by atoms with Gasteiger partial charge in [-0.25, -0.2) is 16.8 Å². The van der Waals surface area contributed by atoms with Gasteiger partial charge in [0.15, 0.2) is 9.84 Å². The Bertz CT molecular complexity index is 1250. The van der Waals surface area contributed by atoms with Crippen LogP contribution in [-0.2, 0) is 24.7 Å². The van der Waals surface area contributed by atoms with Gasteiger partial charge in [-0.15, -0.1) is 0 Å². The molecule has 12 nitrogen and oxygen atoms in total. The van der Waals surface area contributed by atoms with E-state index in [1.54, 1.807) is 33.0 Å². The molecule has 2 aliphatic heterocycles. The van der Waals surface area contributed by atoms with Gasteiger partial charge in [-0.3, -0.25) is 4.79 Å². The van der Waals surface area contributed by atoms with Crippen molar-refractivity contribution >= 4 is 25.8 Å². The lowest BCUT2D eigenvalue weighted by molar-refractivity contribution is -0.924. The summed E-state index contributed by atoms with van der Waals surface area (Å²) in [7, 11) is -1.98. The van der Waals surface area contributed by atoms with E-state index in [1.165, 1.54) is 26.1 Å². The lowest BCUT2D eigenvalue weighted by atomic mass is 10.0. The highest BCUT2D eigenvalue weighted by Gasteiger charge is 2.43. The number of carbonyl (C=O) groups is 1. The first-order valence-corrected chi connectivity index (χ1v) is 16.4. The predicted octanol–water partition coefficient (Wildman–Crippen LogP) is 0.999. The van der Waals surface area contributed by atoms with E-state index in [-0.39, 0.29) is 34.7 Å². The van der Waals surface area contributed by atoms with Crippen LogP contribution in [0.4, 0.5) is 0 Å². The van der Waals surface area contributed by atoms with Gasteiger partial charge in [0.1, 0.15) is 11.5 Å². The van der Waals surface area contributed by atoms with Gasteiger partial charge in [0.25, 0.3) is 0 Å². The number of ether oxygens (including phenoxy) is 1. The number of sulfone groups is 1. The first kappa shape index (κ1) is 31.7. The number of aryl methyl sites for hydroxylation is 2. The monoisotopic (exact) mass is 590 g/mol. The van der Waals surface area contributed by atoms with Crippen LogP contribution in [0.5, 0.6) is 5.75 Å². The molecule has 14 heteroatoms. The molecule has 2 fully saturated rings. The largest absolute Gasteiger partial charge is 0.633 e. The fourth-order valence-electron chi connectivity index (χ4n) is 5.67. The van der Waals surface area contributed by atoms with Crippen LogP contribution in [0, 0.1) is 24.3 Å². The molecule has 222 valence electrons. The van der Waals surface area contributed by atoms with Gasteiger partial charge in [0.2, 0.25) is 15.9 Å². The van der Waals surface area contributed by atoms with Gasteiger partial charge in [-0.05, 0) is 37.1 Å². The SMILES string of the molecule is COc1cc(C)c(S(=O)(=O)N(C)CCS(=O)(=O)CC(=O)N(C)[C@@H]2CC[N+]([O-])(C3CC[N+](C)([O-])CC3)C2)c(C)c1. The molecule has 0 spiro atoms. The van der Waals surface area contributed by atoms with Crippen LogP contribution in [0.2, 0.25) is 0 Å². The number of methoxy groups -OCH3 is 1. The molecule has 0 N–H and O–H groups in total. The number of piperidine rings is 1. The van der Waals surface area contributed by atoms with E-state index in [1.807, 2.05) is 0 Å². The molecule has 0 aliphatic carbocycles. The summed E-state index contributed by atoms with van der Waals surface area (Å²) in [5.74, 6) is -1.37. The van der Waals surface area contributed by atoms with Gasteiger partial charge in [-0.1, -0.05) is 0 Å². The topological polar surface area (TPSA) is 147 Å². The maximum atomic E-state index is 13.5. The summed E-state index contributed by atoms with van der Waals surface area (Å²) in [5.41, 5.74) is 0.967. The van der Waals surface area contributed by atoms with E-state index in [2.05, 4.69) is 0 Å². The molecule has 2 atom stereocenters. The van der Waals surface area contributed by atoms with Crippen molar-refractivity contribution in [3.05, 3.63) is 33.7 Å². The number of hydroxylamine groups is 6. The number of sulfonamides is 1. The van der Waals surface area contributed by atoms with Crippen molar-refractivity contribution in [2.45, 2.75) is 50.1 Å². The van der Waals surface area contributed by atoms with Crippen LogP contribution >= 0.6 is 0 Å². The highest BCUT2D eigenvalue weighted by molar-refractivity contribution is 7.92. The van der Waals surface area contributed by atoms with Gasteiger partial charge in [-0.2, -0.15) is 4.31 Å². The Morgan fingerprint density at radius 1 is 1.03 bits per heavy atom. The minimum Gasteiger partial charge on any atom is -0.633 e. The molecular weight excluding hydrogens is 548 g/mol. The van der Waals surface area contributed by atoms with E-state index in [4.69, 9.17) is 4.74 Å². The molecule has 1 aromatic rings. The number of hydrogen-bond donors (Lipinski definition) is 0. The molecular formula is C25H42N4O8S2. The molecule has 39 heavy (non-hydrogen) atoms. The van der Waals surface area contributed by atoms with Crippen molar-refractivity contribution in [2.24, 2.45) is 0 Å². The first-order valence-electron chi connectivity index (χ1n) is 13.1. The minimum absolute atomic E-state index is 0.0938. The number of hydrogen-bond acceptors (Lipinski definition) is 8. The Balaban J connectivity index is 1.58. The number of likely N-dealkylation sites (N-methyl/N-ethyl adjacent to an activating group) is 1. The number of amides is 1. The van der Waals surface area contributed by atoms with Gasteiger partial charge < -0.3 is 29.3 Å². The Hall–Kier alpha value is -1.81. The predicted molar refractivity (Wildman–Crippen MR) is 148 cm³/mol. The van der Waals surface area contributed by atoms with Gasteiger partial charge >= 0.3 is 0 Å². The van der Waals surface area contributed by atoms with Gasteiger partial charge in [0.05, 0.1) is 63.1 Å². The maximum Gasteiger partial charge on any atom is 0.243 e. The van der Waals surface area contributed by atoms with E-state index in [9.17, 15) is 32.0 Å². The first-order chi connectivity index (χ1) is 17.9. The van der Waals surface area contributed by atoms with Crippen molar-refractivity contribution in [2.75, 3.05) is 72.5 Å². The van der Waals surface area contributed by atoms with Crippen LogP contribution in [0.3, 0.4) is 0 Å². The fourth-order valence-corrected chi connectivity index (χ4v) is 8.64. The number of rotatable bonds is 10. The third kappa shape index (κ3) is 7.29. The normalized spacial score (nSPS) is 28.0. The van der Waals surface area contributed by atoms with E-state index < -0.39 is 41.9 Å². The number of benzene rings is 1. The third-order valence-electron chi connectivity index (χ3n) is 8.24. The van der Waals surface area contributed by atoms with Crippen molar-refractivity contribution in [3.8, 4) is 5.75 Å². The summed E-state index contributed by atoms with van der Waals surface area (Å²) in [4.78, 5) is 14.3. The lowest BCUT2D eigenvalue weighted by Gasteiger charge is -2.52. The smallest absolute Gasteiger partial charge is 0.243 e. The second-order valence-electron chi connectivity index (χ2n) is 11.3. The number of likely N-dealkylation sites (tertiary alicyclic amines) is 2. The zero-order valence-corrected chi connectivity index (χ0v) is 25.4. The summed E-state index contributed by atoms with van der Waals surface area (Å²) < 4.78 is 57.3. The molecule has 0 saturated carbocycles. The number of nitrogens with zero attached hydrogens (tertiary/aromatic N) is 4. The number of quaternary nitrogens is 2. The average Bonchev–Trinajstić information content (AvgIpc) is 3.23. The zero-order valence-electron chi connectivity index (χ0n) is 23.8. The molecule has 0 bridgehead atoms. The van der Waals surface area contributed by atoms with Crippen LogP contribution in [0.1, 0.15) is 30.4 Å². The van der Waals surface area contributed by atoms with Crippen LogP contribution in [0.25, 0.3) is 0 Å². The molecule has 3 rings (SSSR count). The molecule has 2 heterocycles. The van der Waals surface area contributed by atoms with Crippen LogP contribution < -0.4 is 4.74 Å². The lowest BCUT2D eigenvalue weighted by Crippen LogP contribution is -2.57. The average molecular weight is 591 g/mol. The van der Waals surface area contributed by atoms with E-state index >= 15 is 0 Å². The summed E-state index contributed by atoms with van der Waals surface area (Å²) in [5, 5.41) is 25.6. The molecule has 1 aromatic carbocycles. The molecule has 1 unspecified atom stereocenters. The second-order valence-corrected chi connectivity index (χ2v) is 15.5. The Kier molecular flexibility index (Phi) is 9.42. The highest BCUT2D eigenvalue weighted by Crippen LogP contribution is 2.32. The standard InChI is InChI=1S/C25H42N4O8S2/c1-19-15-23(37-6)16-20(2)25(19)39(35,36)26(3)10-14-38(33,34)18-24(30)27(4)21-7-13-29(32,17-21)22-8-11-28(5,31)12-9-22/h15-16,21-22H,7-14,17-18H2,1-6H3/t21-,22?,28?,29?/m1/s1. The van der Waals surface area contributed by atoms with Crippen molar-refractivity contribution in [3.63, 3.8) is 0 Å². The molecule has 1 amide bonds. The Labute approximate surface area is 232 Å². The van der Waals surface area contributed by atoms with E-state index in [0.29, 0.717) is 55.8 Å². The Morgan fingerprint density at radius 3 is 2.13 bits per heavy atom. The molecule has 0 aromatic heterocycles.